The molecule has 0 spiro atoms. The molecular formula is C17H28N2O. The van der Waals surface area contributed by atoms with Crippen molar-refractivity contribution in [2.75, 3.05) is 13.2 Å². The number of unbranched alkanes of at least 4 members (excludes halogenated alkanes) is 1. The van der Waals surface area contributed by atoms with Gasteiger partial charge in [-0.15, -0.1) is 6.58 Å². The lowest BCUT2D eigenvalue weighted by atomic mass is 10.1. The zero-order chi connectivity index (χ0) is 14.8. The minimum Gasteiger partial charge on any atom is -0.478 e. The summed E-state index contributed by atoms with van der Waals surface area (Å²) in [6, 6.07) is 4.21. The van der Waals surface area contributed by atoms with Crippen LogP contribution in [0.3, 0.4) is 0 Å². The summed E-state index contributed by atoms with van der Waals surface area (Å²) in [5.74, 6) is 1.16. The summed E-state index contributed by atoms with van der Waals surface area (Å²) in [5, 5.41) is 3.42. The summed E-state index contributed by atoms with van der Waals surface area (Å²) in [4.78, 5) is 4.58. The van der Waals surface area contributed by atoms with Gasteiger partial charge in [0, 0.05) is 18.3 Å². The third kappa shape index (κ3) is 6.20. The van der Waals surface area contributed by atoms with Gasteiger partial charge in [0.2, 0.25) is 5.88 Å². The van der Waals surface area contributed by atoms with Crippen LogP contribution in [-0.2, 0) is 6.54 Å². The summed E-state index contributed by atoms with van der Waals surface area (Å²) in [7, 11) is 0. The Bertz CT molecular complexity index is 402. The van der Waals surface area contributed by atoms with Gasteiger partial charge in [-0.1, -0.05) is 26.8 Å². The Hall–Kier alpha value is -1.35. The fraction of sp³-hybridized carbons (Fsp3) is 0.588. The Balaban J connectivity index is 2.68. The summed E-state index contributed by atoms with van der Waals surface area (Å²) in [6.45, 7) is 12.8. The summed E-state index contributed by atoms with van der Waals surface area (Å²) < 4.78 is 5.76. The average Bonchev–Trinajstić information content (AvgIpc) is 2.44. The predicted molar refractivity (Wildman–Crippen MR) is 85.2 cm³/mol. The van der Waals surface area contributed by atoms with E-state index in [2.05, 4.69) is 43.7 Å². The quantitative estimate of drug-likeness (QED) is 0.517. The number of hydrogen-bond donors (Lipinski definition) is 1. The molecule has 0 aliphatic rings. The van der Waals surface area contributed by atoms with E-state index in [0.29, 0.717) is 12.5 Å². The van der Waals surface area contributed by atoms with Crippen LogP contribution in [0.15, 0.2) is 24.8 Å². The minimum atomic E-state index is 0.414. The van der Waals surface area contributed by atoms with Gasteiger partial charge in [0.25, 0.3) is 0 Å². The highest BCUT2D eigenvalue weighted by molar-refractivity contribution is 5.26. The van der Waals surface area contributed by atoms with Crippen LogP contribution in [0.4, 0.5) is 0 Å². The number of aromatic nitrogens is 1. The van der Waals surface area contributed by atoms with Crippen molar-refractivity contribution in [2.24, 2.45) is 0 Å². The van der Waals surface area contributed by atoms with Crippen molar-refractivity contribution in [3.05, 3.63) is 36.0 Å². The van der Waals surface area contributed by atoms with Gasteiger partial charge < -0.3 is 10.1 Å². The van der Waals surface area contributed by atoms with Crippen molar-refractivity contribution in [3.8, 4) is 5.88 Å². The predicted octanol–water partition coefficient (Wildman–Crippen LogP) is 4.05. The number of nitrogens with zero attached hydrogens (tertiary/aromatic N) is 1. The molecule has 112 valence electrons. The van der Waals surface area contributed by atoms with Gasteiger partial charge in [-0.25, -0.2) is 4.98 Å². The molecule has 20 heavy (non-hydrogen) atoms. The van der Waals surface area contributed by atoms with Crippen molar-refractivity contribution < 1.29 is 4.74 Å². The van der Waals surface area contributed by atoms with Crippen LogP contribution in [-0.4, -0.2) is 18.1 Å². The van der Waals surface area contributed by atoms with Crippen LogP contribution in [0, 0.1) is 0 Å². The smallest absolute Gasteiger partial charge is 0.213 e. The largest absolute Gasteiger partial charge is 0.478 e. The maximum Gasteiger partial charge on any atom is 0.213 e. The molecule has 0 aliphatic carbocycles. The van der Waals surface area contributed by atoms with Crippen molar-refractivity contribution in [1.82, 2.24) is 10.3 Å². The molecule has 0 amide bonds. The third-order valence-corrected chi connectivity index (χ3v) is 3.03. The van der Waals surface area contributed by atoms with E-state index in [0.717, 1.165) is 43.9 Å². The van der Waals surface area contributed by atoms with Gasteiger partial charge in [-0.05, 0) is 43.4 Å². The maximum absolute atomic E-state index is 5.76. The highest BCUT2D eigenvalue weighted by atomic mass is 16.5. The monoisotopic (exact) mass is 276 g/mol. The molecule has 3 nitrogen and oxygen atoms in total. The molecule has 1 rings (SSSR count). The second-order valence-corrected chi connectivity index (χ2v) is 5.35. The van der Waals surface area contributed by atoms with Gasteiger partial charge in [0.15, 0.2) is 0 Å². The molecule has 0 saturated carbocycles. The lowest BCUT2D eigenvalue weighted by Crippen LogP contribution is -2.14. The topological polar surface area (TPSA) is 34.1 Å². The van der Waals surface area contributed by atoms with E-state index in [1.807, 2.05) is 12.1 Å². The van der Waals surface area contributed by atoms with E-state index in [-0.39, 0.29) is 0 Å². The van der Waals surface area contributed by atoms with Gasteiger partial charge in [-0.3, -0.25) is 0 Å². The summed E-state index contributed by atoms with van der Waals surface area (Å²) >= 11 is 0. The number of hydrogen-bond acceptors (Lipinski definition) is 3. The Kier molecular flexibility index (Phi) is 7.97. The second-order valence-electron chi connectivity index (χ2n) is 5.35. The van der Waals surface area contributed by atoms with E-state index >= 15 is 0 Å². The third-order valence-electron chi connectivity index (χ3n) is 3.03. The molecular weight excluding hydrogens is 248 g/mol. The van der Waals surface area contributed by atoms with E-state index in [4.69, 9.17) is 4.74 Å². The van der Waals surface area contributed by atoms with E-state index < -0.39 is 0 Å². The van der Waals surface area contributed by atoms with Crippen molar-refractivity contribution in [2.45, 2.75) is 52.5 Å². The molecule has 1 N–H and O–H groups in total. The summed E-state index contributed by atoms with van der Waals surface area (Å²) in [5.41, 5.74) is 2.34. The molecule has 3 heteroatoms. The maximum atomic E-state index is 5.76. The molecule has 1 aromatic heterocycles. The highest BCUT2D eigenvalue weighted by Gasteiger charge is 2.07. The van der Waals surface area contributed by atoms with Gasteiger partial charge in [0.1, 0.15) is 0 Å². The molecule has 0 aliphatic heterocycles. The van der Waals surface area contributed by atoms with Crippen LogP contribution in [0.25, 0.3) is 0 Å². The van der Waals surface area contributed by atoms with E-state index in [9.17, 15) is 0 Å². The van der Waals surface area contributed by atoms with Crippen molar-refractivity contribution in [1.29, 1.82) is 0 Å². The zero-order valence-corrected chi connectivity index (χ0v) is 13.1. The fourth-order valence-corrected chi connectivity index (χ4v) is 1.87. The van der Waals surface area contributed by atoms with Crippen LogP contribution in [0.1, 0.15) is 57.2 Å². The summed E-state index contributed by atoms with van der Waals surface area (Å²) in [6.07, 6.45) is 5.03. The molecule has 0 radical (unpaired) electrons. The minimum absolute atomic E-state index is 0.414. The first-order chi connectivity index (χ1) is 9.67. The van der Waals surface area contributed by atoms with Crippen LogP contribution in [0.5, 0.6) is 5.88 Å². The SMILES string of the molecule is C=CCCCOc1cc(CNCCC)cc(C(C)C)n1. The van der Waals surface area contributed by atoms with Crippen molar-refractivity contribution >= 4 is 0 Å². The first-order valence-corrected chi connectivity index (χ1v) is 7.62. The molecule has 0 fully saturated rings. The standard InChI is InChI=1S/C17H28N2O/c1-5-7-8-10-20-17-12-15(13-18-9-6-2)11-16(19-17)14(3)4/h5,11-12,14,18H,1,6-10,13H2,2-4H3. The Morgan fingerprint density at radius 1 is 1.40 bits per heavy atom. The number of allylic oxidation sites excluding steroid dienone is 1. The normalized spacial score (nSPS) is 10.8. The molecule has 1 aromatic rings. The second kappa shape index (κ2) is 9.54. The zero-order valence-electron chi connectivity index (χ0n) is 13.1. The number of ether oxygens (including phenoxy) is 1. The molecule has 0 unspecified atom stereocenters. The highest BCUT2D eigenvalue weighted by Crippen LogP contribution is 2.19. The molecule has 1 heterocycles. The Labute approximate surface area is 123 Å². The molecule has 0 atom stereocenters. The lowest BCUT2D eigenvalue weighted by Gasteiger charge is -2.12. The average molecular weight is 276 g/mol. The Morgan fingerprint density at radius 3 is 2.85 bits per heavy atom. The van der Waals surface area contributed by atoms with Crippen molar-refractivity contribution in [3.63, 3.8) is 0 Å². The number of rotatable bonds is 10. The molecule has 0 bridgehead atoms. The molecule has 0 saturated heterocycles. The van der Waals surface area contributed by atoms with Gasteiger partial charge in [-0.2, -0.15) is 0 Å². The van der Waals surface area contributed by atoms with E-state index in [1.54, 1.807) is 0 Å². The van der Waals surface area contributed by atoms with Crippen LogP contribution in [0.2, 0.25) is 0 Å². The number of nitrogens with one attached hydrogen (secondary N) is 1. The van der Waals surface area contributed by atoms with Crippen LogP contribution < -0.4 is 10.1 Å². The van der Waals surface area contributed by atoms with E-state index in [1.165, 1.54) is 5.56 Å². The van der Waals surface area contributed by atoms with Crippen LogP contribution >= 0.6 is 0 Å². The molecule has 0 aromatic carbocycles. The van der Waals surface area contributed by atoms with Gasteiger partial charge >= 0.3 is 0 Å². The fourth-order valence-electron chi connectivity index (χ4n) is 1.87. The number of pyridine rings is 1. The Morgan fingerprint density at radius 2 is 2.20 bits per heavy atom. The van der Waals surface area contributed by atoms with Gasteiger partial charge in [0.05, 0.1) is 6.61 Å². The lowest BCUT2D eigenvalue weighted by molar-refractivity contribution is 0.298. The first-order valence-electron chi connectivity index (χ1n) is 7.62. The first kappa shape index (κ1) is 16.7.